The molecule has 0 aromatic heterocycles. The molecule has 0 rings (SSSR count). The van der Waals surface area contributed by atoms with Crippen LogP contribution in [0.1, 0.15) is 60.3 Å². The molecule has 0 aromatic carbocycles. The largest absolute Gasteiger partial charge is 0.352 e. The van der Waals surface area contributed by atoms with Gasteiger partial charge in [-0.1, -0.05) is 40.5 Å². The van der Waals surface area contributed by atoms with Gasteiger partial charge in [-0.2, -0.15) is 0 Å². The van der Waals surface area contributed by atoms with Crippen LogP contribution in [0.5, 0.6) is 0 Å². The molecule has 0 bridgehead atoms. The molecule has 0 fully saturated rings. The lowest BCUT2D eigenvalue weighted by atomic mass is 10.0. The molecule has 1 unspecified atom stereocenters. The maximum atomic E-state index is 11.9. The van der Waals surface area contributed by atoms with Gasteiger partial charge in [0.2, 0.25) is 5.91 Å². The van der Waals surface area contributed by atoms with E-state index in [1.807, 2.05) is 6.92 Å². The van der Waals surface area contributed by atoms with Gasteiger partial charge < -0.3 is 10.6 Å². The van der Waals surface area contributed by atoms with Crippen molar-refractivity contribution in [3.8, 4) is 0 Å². The van der Waals surface area contributed by atoms with Crippen LogP contribution < -0.4 is 10.6 Å². The lowest BCUT2D eigenvalue weighted by molar-refractivity contribution is -0.123. The average Bonchev–Trinajstić information content (AvgIpc) is 2.36. The van der Waals surface area contributed by atoms with Crippen LogP contribution in [-0.4, -0.2) is 24.5 Å². The zero-order valence-corrected chi connectivity index (χ0v) is 12.2. The summed E-state index contributed by atoms with van der Waals surface area (Å²) >= 11 is 0. The van der Waals surface area contributed by atoms with E-state index >= 15 is 0 Å². The minimum atomic E-state index is -0.0869. The van der Waals surface area contributed by atoms with Gasteiger partial charge in [0.15, 0.2) is 0 Å². The first-order chi connectivity index (χ1) is 8.08. The Labute approximate surface area is 107 Å². The molecule has 1 atom stereocenters. The molecule has 0 aliphatic rings. The molecule has 0 heterocycles. The Morgan fingerprint density at radius 2 is 1.53 bits per heavy atom. The molecule has 0 saturated carbocycles. The van der Waals surface area contributed by atoms with Crippen LogP contribution >= 0.6 is 0 Å². The first-order valence-corrected chi connectivity index (χ1v) is 7.12. The SMILES string of the molecule is CCC(CC)CNC(C)C(=O)NC(CC)CC. The van der Waals surface area contributed by atoms with Crippen molar-refractivity contribution in [3.05, 3.63) is 0 Å². The van der Waals surface area contributed by atoms with Gasteiger partial charge in [-0.15, -0.1) is 0 Å². The zero-order chi connectivity index (χ0) is 13.3. The Kier molecular flexibility index (Phi) is 9.14. The minimum absolute atomic E-state index is 0.0869. The van der Waals surface area contributed by atoms with Crippen LogP contribution in [0.25, 0.3) is 0 Å². The molecule has 0 radical (unpaired) electrons. The van der Waals surface area contributed by atoms with Crippen molar-refractivity contribution in [2.24, 2.45) is 5.92 Å². The molecular weight excluding hydrogens is 212 g/mol. The molecule has 0 spiro atoms. The fraction of sp³-hybridized carbons (Fsp3) is 0.929. The fourth-order valence-corrected chi connectivity index (χ4v) is 1.83. The Balaban J connectivity index is 3.96. The van der Waals surface area contributed by atoms with Gasteiger partial charge >= 0.3 is 0 Å². The molecule has 102 valence electrons. The summed E-state index contributed by atoms with van der Waals surface area (Å²) < 4.78 is 0. The van der Waals surface area contributed by atoms with E-state index in [2.05, 4.69) is 38.3 Å². The Hall–Kier alpha value is -0.570. The standard InChI is InChI=1S/C14H30N2O/c1-6-12(7-2)10-15-11(5)14(17)16-13(8-3)9-4/h11-13,15H,6-10H2,1-5H3,(H,16,17). The van der Waals surface area contributed by atoms with Crippen LogP contribution in [0.4, 0.5) is 0 Å². The Bertz CT molecular complexity index is 198. The van der Waals surface area contributed by atoms with Crippen LogP contribution in [0.3, 0.4) is 0 Å². The average molecular weight is 242 g/mol. The molecule has 0 aliphatic carbocycles. The van der Waals surface area contributed by atoms with E-state index in [1.54, 1.807) is 0 Å². The van der Waals surface area contributed by atoms with Crippen LogP contribution in [0.15, 0.2) is 0 Å². The summed E-state index contributed by atoms with van der Waals surface area (Å²) in [7, 11) is 0. The highest BCUT2D eigenvalue weighted by atomic mass is 16.2. The van der Waals surface area contributed by atoms with Crippen LogP contribution in [-0.2, 0) is 4.79 Å². The third kappa shape index (κ3) is 6.67. The van der Waals surface area contributed by atoms with E-state index in [1.165, 1.54) is 12.8 Å². The van der Waals surface area contributed by atoms with Gasteiger partial charge in [-0.25, -0.2) is 0 Å². The minimum Gasteiger partial charge on any atom is -0.352 e. The van der Waals surface area contributed by atoms with E-state index in [9.17, 15) is 4.79 Å². The highest BCUT2D eigenvalue weighted by molar-refractivity contribution is 5.81. The van der Waals surface area contributed by atoms with Gasteiger partial charge in [0.05, 0.1) is 6.04 Å². The molecule has 3 heteroatoms. The monoisotopic (exact) mass is 242 g/mol. The number of carbonyl (C=O) groups excluding carboxylic acids is 1. The highest BCUT2D eigenvalue weighted by Gasteiger charge is 2.16. The van der Waals surface area contributed by atoms with E-state index < -0.39 is 0 Å². The second-order valence-corrected chi connectivity index (χ2v) is 4.83. The smallest absolute Gasteiger partial charge is 0.237 e. The highest BCUT2D eigenvalue weighted by Crippen LogP contribution is 2.05. The van der Waals surface area contributed by atoms with Gasteiger partial charge in [0.25, 0.3) is 0 Å². The Morgan fingerprint density at radius 3 is 1.94 bits per heavy atom. The molecule has 2 N–H and O–H groups in total. The molecular formula is C14H30N2O. The summed E-state index contributed by atoms with van der Waals surface area (Å²) in [5, 5.41) is 6.40. The quantitative estimate of drug-likeness (QED) is 0.653. The van der Waals surface area contributed by atoms with E-state index in [-0.39, 0.29) is 11.9 Å². The molecule has 17 heavy (non-hydrogen) atoms. The van der Waals surface area contributed by atoms with E-state index in [0.717, 1.165) is 19.4 Å². The second kappa shape index (κ2) is 9.46. The predicted molar refractivity (Wildman–Crippen MR) is 74.0 cm³/mol. The summed E-state index contributed by atoms with van der Waals surface area (Å²) in [6.45, 7) is 11.5. The topological polar surface area (TPSA) is 41.1 Å². The number of nitrogens with one attached hydrogen (secondary N) is 2. The molecule has 3 nitrogen and oxygen atoms in total. The summed E-state index contributed by atoms with van der Waals surface area (Å²) in [6, 6.07) is 0.232. The van der Waals surface area contributed by atoms with Crippen LogP contribution in [0.2, 0.25) is 0 Å². The maximum Gasteiger partial charge on any atom is 0.237 e. The summed E-state index contributed by atoms with van der Waals surface area (Å²) in [6.07, 6.45) is 4.35. The molecule has 1 amide bonds. The Morgan fingerprint density at radius 1 is 1.00 bits per heavy atom. The summed E-state index contributed by atoms with van der Waals surface area (Å²) in [5.41, 5.74) is 0. The van der Waals surface area contributed by atoms with Crippen molar-refractivity contribution in [2.45, 2.75) is 72.4 Å². The number of rotatable bonds is 9. The van der Waals surface area contributed by atoms with Gasteiger partial charge in [-0.3, -0.25) is 4.79 Å². The lowest BCUT2D eigenvalue weighted by Crippen LogP contribution is -2.47. The number of hydrogen-bond acceptors (Lipinski definition) is 2. The van der Waals surface area contributed by atoms with Crippen molar-refractivity contribution in [1.29, 1.82) is 0 Å². The summed E-state index contributed by atoms with van der Waals surface area (Å²) in [5.74, 6) is 0.808. The van der Waals surface area contributed by atoms with E-state index in [0.29, 0.717) is 12.0 Å². The fourth-order valence-electron chi connectivity index (χ4n) is 1.83. The number of hydrogen-bond donors (Lipinski definition) is 2. The first-order valence-electron chi connectivity index (χ1n) is 7.12. The predicted octanol–water partition coefficient (Wildman–Crippen LogP) is 2.71. The third-order valence-electron chi connectivity index (χ3n) is 3.59. The molecule has 0 aromatic rings. The number of carbonyl (C=O) groups is 1. The number of amides is 1. The van der Waals surface area contributed by atoms with E-state index in [4.69, 9.17) is 0 Å². The van der Waals surface area contributed by atoms with Crippen molar-refractivity contribution in [3.63, 3.8) is 0 Å². The van der Waals surface area contributed by atoms with Crippen molar-refractivity contribution < 1.29 is 4.79 Å². The molecule has 0 saturated heterocycles. The normalized spacial score (nSPS) is 13.1. The van der Waals surface area contributed by atoms with Crippen molar-refractivity contribution in [2.75, 3.05) is 6.54 Å². The third-order valence-corrected chi connectivity index (χ3v) is 3.59. The lowest BCUT2D eigenvalue weighted by Gasteiger charge is -2.21. The van der Waals surface area contributed by atoms with Gasteiger partial charge in [-0.05, 0) is 32.2 Å². The van der Waals surface area contributed by atoms with Crippen LogP contribution in [0, 0.1) is 5.92 Å². The van der Waals surface area contributed by atoms with Gasteiger partial charge in [0, 0.05) is 6.04 Å². The first kappa shape index (κ1) is 16.4. The van der Waals surface area contributed by atoms with Crippen molar-refractivity contribution >= 4 is 5.91 Å². The molecule has 0 aliphatic heterocycles. The van der Waals surface area contributed by atoms with Crippen molar-refractivity contribution in [1.82, 2.24) is 10.6 Å². The summed E-state index contributed by atoms with van der Waals surface area (Å²) in [4.78, 5) is 11.9. The second-order valence-electron chi connectivity index (χ2n) is 4.83. The zero-order valence-electron chi connectivity index (χ0n) is 12.2. The van der Waals surface area contributed by atoms with Gasteiger partial charge in [0.1, 0.15) is 0 Å². The maximum absolute atomic E-state index is 11.9.